The molecule has 12 heteroatoms. The molecule has 0 amide bonds. The summed E-state index contributed by atoms with van der Waals surface area (Å²) in [6.45, 7) is -1.02. The molecule has 0 saturated carbocycles. The first-order valence-corrected chi connectivity index (χ1v) is 7.40. The second-order valence-corrected chi connectivity index (χ2v) is 5.30. The van der Waals surface area contributed by atoms with Crippen molar-refractivity contribution in [3.05, 3.63) is 45.5 Å². The monoisotopic (exact) mass is 368 g/mol. The highest BCUT2D eigenvalue weighted by Crippen LogP contribution is 2.28. The van der Waals surface area contributed by atoms with E-state index in [4.69, 9.17) is 20.4 Å². The first-order chi connectivity index (χ1) is 12.4. The summed E-state index contributed by atoms with van der Waals surface area (Å²) in [6.07, 6.45) is -0.622. The number of alkyl halides is 1. The number of furan rings is 1. The summed E-state index contributed by atoms with van der Waals surface area (Å²) >= 11 is 0. The number of nitrogens with zero attached hydrogens (tertiary/aromatic N) is 5. The number of azide groups is 1. The minimum Gasteiger partial charge on any atom is -0.464 e. The van der Waals surface area contributed by atoms with Crippen molar-refractivity contribution in [2.45, 2.75) is 25.0 Å². The Labute approximate surface area is 146 Å². The van der Waals surface area contributed by atoms with Crippen LogP contribution in [0, 0.1) is 0 Å². The average molecular weight is 368 g/mol. The number of halogens is 1. The summed E-state index contributed by atoms with van der Waals surface area (Å²) in [7, 11) is 0. The fourth-order valence-electron chi connectivity index (χ4n) is 2.19. The molecule has 0 saturated heterocycles. The lowest BCUT2D eigenvalue weighted by Crippen LogP contribution is -2.48. The number of nitrogens with two attached hydrogens (primary N) is 1. The van der Waals surface area contributed by atoms with Gasteiger partial charge in [-0.3, -0.25) is 4.57 Å². The highest BCUT2D eigenvalue weighted by atomic mass is 19.1. The number of aliphatic hydroxyl groups is 2. The van der Waals surface area contributed by atoms with E-state index < -0.39 is 37.0 Å². The van der Waals surface area contributed by atoms with E-state index in [1.807, 2.05) is 0 Å². The third-order valence-electron chi connectivity index (χ3n) is 3.64. The van der Waals surface area contributed by atoms with Gasteiger partial charge < -0.3 is 25.1 Å². The van der Waals surface area contributed by atoms with Crippen molar-refractivity contribution in [1.82, 2.24) is 9.55 Å². The van der Waals surface area contributed by atoms with Crippen LogP contribution in [0.4, 0.5) is 10.2 Å². The van der Waals surface area contributed by atoms with Crippen LogP contribution in [0.5, 0.6) is 0 Å². The van der Waals surface area contributed by atoms with E-state index in [1.165, 1.54) is 13.2 Å². The molecule has 0 unspecified atom stereocenters. The number of hydrogen-bond acceptors (Lipinski definition) is 8. The summed E-state index contributed by atoms with van der Waals surface area (Å²) < 4.78 is 24.8. The minimum atomic E-state index is -2.20. The van der Waals surface area contributed by atoms with Crippen molar-refractivity contribution in [3.63, 3.8) is 0 Å². The van der Waals surface area contributed by atoms with E-state index in [-0.39, 0.29) is 17.1 Å². The molecule has 26 heavy (non-hydrogen) atoms. The number of ether oxygens (including phenoxy) is 1. The average Bonchev–Trinajstić information content (AvgIpc) is 3.13. The quantitative estimate of drug-likeness (QED) is 0.353. The third-order valence-corrected chi connectivity index (χ3v) is 3.64. The maximum absolute atomic E-state index is 13.6. The maximum atomic E-state index is 13.6. The standard InChI is InChI=1S/C14H17FN6O5/c1-8(23)14(7-22,19-20-17)26-11(5-15)21-6-9(10-3-2-4-25-10)12(16)18-13(21)24/h2-4,6,8,11,22-23H,5,7H2,1H3,(H2,16,18,24)/t8-,11-,14-/m1/s1. The van der Waals surface area contributed by atoms with E-state index in [0.29, 0.717) is 0 Å². The zero-order chi connectivity index (χ0) is 19.3. The zero-order valence-corrected chi connectivity index (χ0v) is 13.7. The highest BCUT2D eigenvalue weighted by Gasteiger charge is 2.39. The third kappa shape index (κ3) is 3.68. The Morgan fingerprint density at radius 3 is 2.88 bits per heavy atom. The topological polar surface area (TPSA) is 172 Å². The Kier molecular flexibility index (Phi) is 5.95. The number of aliphatic hydroxyl groups excluding tert-OH is 2. The van der Waals surface area contributed by atoms with Crippen LogP contribution < -0.4 is 11.4 Å². The van der Waals surface area contributed by atoms with Gasteiger partial charge in [-0.2, -0.15) is 4.98 Å². The number of rotatable bonds is 8. The molecule has 140 valence electrons. The number of anilines is 1. The summed E-state index contributed by atoms with van der Waals surface area (Å²) in [6, 6.07) is 3.14. The van der Waals surface area contributed by atoms with E-state index in [9.17, 15) is 19.4 Å². The van der Waals surface area contributed by atoms with Crippen molar-refractivity contribution in [2.24, 2.45) is 5.11 Å². The van der Waals surface area contributed by atoms with Gasteiger partial charge >= 0.3 is 5.69 Å². The Morgan fingerprint density at radius 2 is 2.38 bits per heavy atom. The van der Waals surface area contributed by atoms with Crippen molar-refractivity contribution in [2.75, 3.05) is 19.0 Å². The fourth-order valence-corrected chi connectivity index (χ4v) is 2.19. The lowest BCUT2D eigenvalue weighted by Gasteiger charge is -2.33. The molecule has 0 spiro atoms. The van der Waals surface area contributed by atoms with Gasteiger partial charge in [0, 0.05) is 11.1 Å². The maximum Gasteiger partial charge on any atom is 0.351 e. The highest BCUT2D eigenvalue weighted by molar-refractivity contribution is 5.68. The van der Waals surface area contributed by atoms with Gasteiger partial charge in [0.05, 0.1) is 24.5 Å². The van der Waals surface area contributed by atoms with Crippen molar-refractivity contribution in [1.29, 1.82) is 0 Å². The van der Waals surface area contributed by atoms with Crippen LogP contribution in [0.15, 0.2) is 38.9 Å². The molecule has 0 fully saturated rings. The Morgan fingerprint density at radius 1 is 1.65 bits per heavy atom. The second kappa shape index (κ2) is 7.97. The fraction of sp³-hybridized carbons (Fsp3) is 0.429. The predicted molar refractivity (Wildman–Crippen MR) is 87.4 cm³/mol. The van der Waals surface area contributed by atoms with E-state index in [1.54, 1.807) is 12.1 Å². The van der Waals surface area contributed by atoms with Crippen molar-refractivity contribution < 1.29 is 23.8 Å². The van der Waals surface area contributed by atoms with Gasteiger partial charge in [0.1, 0.15) is 18.3 Å². The number of nitrogen functional groups attached to an aromatic ring is 1. The molecule has 11 nitrogen and oxygen atoms in total. The van der Waals surface area contributed by atoms with Crippen molar-refractivity contribution >= 4 is 5.82 Å². The summed E-state index contributed by atoms with van der Waals surface area (Å²) in [4.78, 5) is 18.2. The molecule has 2 heterocycles. The van der Waals surface area contributed by atoms with Gasteiger partial charge in [0.25, 0.3) is 0 Å². The van der Waals surface area contributed by atoms with Crippen LogP contribution in [0.2, 0.25) is 0 Å². The van der Waals surface area contributed by atoms with E-state index in [2.05, 4.69) is 15.0 Å². The zero-order valence-electron chi connectivity index (χ0n) is 13.7. The molecule has 0 bridgehead atoms. The lowest BCUT2D eigenvalue weighted by molar-refractivity contribution is -0.193. The van der Waals surface area contributed by atoms with Gasteiger partial charge in [-0.15, -0.1) is 0 Å². The van der Waals surface area contributed by atoms with Gasteiger partial charge in [0.15, 0.2) is 12.0 Å². The first-order valence-electron chi connectivity index (χ1n) is 7.40. The molecule has 0 aromatic carbocycles. The molecule has 0 aliphatic carbocycles. The SMILES string of the molecule is C[C@@H](O)[C@](CO)(N=[N+]=[N-])O[C@H](CF)n1cc(-c2ccco2)c(N)nc1=O. The molecular weight excluding hydrogens is 351 g/mol. The molecule has 0 aliphatic heterocycles. The van der Waals surface area contributed by atoms with Gasteiger partial charge in [-0.25, -0.2) is 9.18 Å². The first kappa shape index (κ1) is 19.4. The van der Waals surface area contributed by atoms with Crippen molar-refractivity contribution in [3.8, 4) is 11.3 Å². The van der Waals surface area contributed by atoms with E-state index in [0.717, 1.165) is 10.8 Å². The molecule has 2 aromatic rings. The summed E-state index contributed by atoms with van der Waals surface area (Å²) in [5.74, 6) is 0.137. The molecular formula is C14H17FN6O5. The molecule has 3 atom stereocenters. The summed E-state index contributed by atoms with van der Waals surface area (Å²) in [5.41, 5.74) is 11.4. The van der Waals surface area contributed by atoms with Crippen LogP contribution in [0.3, 0.4) is 0 Å². The molecule has 4 N–H and O–H groups in total. The largest absolute Gasteiger partial charge is 0.464 e. The Hall–Kier alpha value is -2.92. The number of aromatic nitrogens is 2. The number of hydrogen-bond donors (Lipinski definition) is 3. The Balaban J connectivity index is 2.52. The molecule has 2 aromatic heterocycles. The lowest BCUT2D eigenvalue weighted by atomic mass is 10.1. The molecule has 2 rings (SSSR count). The normalized spacial score (nSPS) is 15.7. The summed E-state index contributed by atoms with van der Waals surface area (Å²) in [5, 5.41) is 22.5. The van der Waals surface area contributed by atoms with Gasteiger partial charge in [-0.1, -0.05) is 5.11 Å². The van der Waals surface area contributed by atoms with Crippen LogP contribution in [-0.4, -0.2) is 44.9 Å². The van der Waals surface area contributed by atoms with Crippen LogP contribution in [0.1, 0.15) is 13.2 Å². The molecule has 0 radical (unpaired) electrons. The van der Waals surface area contributed by atoms with Crippen LogP contribution in [0.25, 0.3) is 21.8 Å². The Bertz CT molecular complexity index is 848. The molecule has 0 aliphatic rings. The second-order valence-electron chi connectivity index (χ2n) is 5.30. The van der Waals surface area contributed by atoms with Gasteiger partial charge in [0.2, 0.25) is 0 Å². The smallest absolute Gasteiger partial charge is 0.351 e. The van der Waals surface area contributed by atoms with E-state index >= 15 is 0 Å². The van der Waals surface area contributed by atoms with Crippen LogP contribution in [-0.2, 0) is 4.74 Å². The van der Waals surface area contributed by atoms with Crippen LogP contribution >= 0.6 is 0 Å². The minimum absolute atomic E-state index is 0.141. The predicted octanol–water partition coefficient (Wildman–Crippen LogP) is 0.950. The van der Waals surface area contributed by atoms with Gasteiger partial charge in [-0.05, 0) is 24.6 Å².